The van der Waals surface area contributed by atoms with E-state index in [2.05, 4.69) is 0 Å². The first kappa shape index (κ1) is 13.9. The highest BCUT2D eigenvalue weighted by atomic mass is 16.5. The summed E-state index contributed by atoms with van der Waals surface area (Å²) in [6.45, 7) is 0. The van der Waals surface area contributed by atoms with Gasteiger partial charge in [0.1, 0.15) is 11.5 Å². The number of carbonyl (C=O) groups excluding carboxylic acids is 1. The van der Waals surface area contributed by atoms with Gasteiger partial charge in [-0.15, -0.1) is 0 Å². The molecule has 102 valence electrons. The molecule has 0 aliphatic heterocycles. The minimum atomic E-state index is -0.0632. The van der Waals surface area contributed by atoms with Crippen molar-refractivity contribution in [2.75, 3.05) is 14.2 Å². The summed E-state index contributed by atoms with van der Waals surface area (Å²) in [4.78, 5) is 12.1. The number of rotatable bonds is 5. The van der Waals surface area contributed by atoms with E-state index < -0.39 is 0 Å². The van der Waals surface area contributed by atoms with Crippen molar-refractivity contribution in [3.63, 3.8) is 0 Å². The van der Waals surface area contributed by atoms with E-state index in [0.29, 0.717) is 11.3 Å². The third-order valence-electron chi connectivity index (χ3n) is 2.88. The topological polar surface area (TPSA) is 35.5 Å². The predicted molar refractivity (Wildman–Crippen MR) is 79.4 cm³/mol. The van der Waals surface area contributed by atoms with E-state index in [9.17, 15) is 4.79 Å². The maximum absolute atomic E-state index is 12.1. The number of methoxy groups -OCH3 is 2. The number of hydrogen-bond acceptors (Lipinski definition) is 3. The average Bonchev–Trinajstić information content (AvgIpc) is 2.52. The molecule has 3 heteroatoms. The molecule has 0 spiro atoms. The summed E-state index contributed by atoms with van der Waals surface area (Å²) >= 11 is 0. The van der Waals surface area contributed by atoms with Gasteiger partial charge in [0.25, 0.3) is 0 Å². The van der Waals surface area contributed by atoms with Crippen LogP contribution in [0.2, 0.25) is 0 Å². The van der Waals surface area contributed by atoms with Gasteiger partial charge >= 0.3 is 0 Å². The largest absolute Gasteiger partial charge is 0.497 e. The number of ketones is 1. The Morgan fingerprint density at radius 3 is 2.30 bits per heavy atom. The third-order valence-corrected chi connectivity index (χ3v) is 2.88. The van der Waals surface area contributed by atoms with Crippen molar-refractivity contribution in [1.82, 2.24) is 0 Å². The van der Waals surface area contributed by atoms with Crippen molar-refractivity contribution < 1.29 is 14.3 Å². The van der Waals surface area contributed by atoms with Gasteiger partial charge < -0.3 is 9.47 Å². The molecule has 0 radical (unpaired) electrons. The Bertz CT molecular complexity index is 630. The Labute approximate surface area is 118 Å². The van der Waals surface area contributed by atoms with Crippen LogP contribution in [-0.4, -0.2) is 20.0 Å². The highest BCUT2D eigenvalue weighted by Crippen LogP contribution is 2.16. The lowest BCUT2D eigenvalue weighted by atomic mass is 10.1. The van der Waals surface area contributed by atoms with E-state index in [4.69, 9.17) is 9.47 Å². The average molecular weight is 268 g/mol. The summed E-state index contributed by atoms with van der Waals surface area (Å²) in [5.74, 6) is 1.37. The molecule has 2 aromatic rings. The molecule has 20 heavy (non-hydrogen) atoms. The summed E-state index contributed by atoms with van der Waals surface area (Å²) in [7, 11) is 3.19. The highest BCUT2D eigenvalue weighted by Gasteiger charge is 2.03. The lowest BCUT2D eigenvalue weighted by Crippen LogP contribution is -1.94. The van der Waals surface area contributed by atoms with Gasteiger partial charge in [0.05, 0.1) is 14.2 Å². The van der Waals surface area contributed by atoms with Crippen LogP contribution in [0, 0.1) is 0 Å². The fraction of sp³-hybridized carbons (Fsp3) is 0.118. The zero-order chi connectivity index (χ0) is 14.4. The van der Waals surface area contributed by atoms with Crippen LogP contribution in [0.15, 0.2) is 54.6 Å². The lowest BCUT2D eigenvalue weighted by Gasteiger charge is -2.02. The standard InChI is InChI=1S/C17H16O3/c1-19-15-7-3-5-13(11-15)9-10-17(18)14-6-4-8-16(12-14)20-2/h3-12H,1-2H3/b10-9+. The van der Waals surface area contributed by atoms with Crippen LogP contribution in [0.1, 0.15) is 15.9 Å². The van der Waals surface area contributed by atoms with Gasteiger partial charge in [-0.05, 0) is 35.9 Å². The van der Waals surface area contributed by atoms with Crippen molar-refractivity contribution in [3.05, 3.63) is 65.7 Å². The Morgan fingerprint density at radius 1 is 0.950 bits per heavy atom. The van der Waals surface area contributed by atoms with E-state index >= 15 is 0 Å². The number of ether oxygens (including phenoxy) is 2. The second-order valence-electron chi connectivity index (χ2n) is 4.21. The molecule has 0 fully saturated rings. The van der Waals surface area contributed by atoms with Crippen molar-refractivity contribution in [2.24, 2.45) is 0 Å². The molecule has 0 aliphatic carbocycles. The second kappa shape index (κ2) is 6.57. The fourth-order valence-electron chi connectivity index (χ4n) is 1.79. The predicted octanol–water partition coefficient (Wildman–Crippen LogP) is 3.60. The van der Waals surface area contributed by atoms with Crippen LogP contribution in [0.3, 0.4) is 0 Å². The molecule has 0 aromatic heterocycles. The smallest absolute Gasteiger partial charge is 0.185 e. The quantitative estimate of drug-likeness (QED) is 0.614. The number of hydrogen-bond donors (Lipinski definition) is 0. The molecule has 2 aromatic carbocycles. The van der Waals surface area contributed by atoms with Crippen molar-refractivity contribution in [2.45, 2.75) is 0 Å². The van der Waals surface area contributed by atoms with Crippen LogP contribution >= 0.6 is 0 Å². The zero-order valence-corrected chi connectivity index (χ0v) is 11.5. The SMILES string of the molecule is COc1cccc(/C=C/C(=O)c2cccc(OC)c2)c1. The van der Waals surface area contributed by atoms with E-state index in [1.54, 1.807) is 44.6 Å². The lowest BCUT2D eigenvalue weighted by molar-refractivity contribution is 0.104. The highest BCUT2D eigenvalue weighted by molar-refractivity contribution is 6.07. The molecular weight excluding hydrogens is 252 g/mol. The molecule has 0 saturated carbocycles. The van der Waals surface area contributed by atoms with E-state index in [0.717, 1.165) is 11.3 Å². The van der Waals surface area contributed by atoms with Crippen molar-refractivity contribution >= 4 is 11.9 Å². The first-order valence-electron chi connectivity index (χ1n) is 6.23. The minimum Gasteiger partial charge on any atom is -0.497 e. The summed E-state index contributed by atoms with van der Waals surface area (Å²) in [5, 5.41) is 0. The van der Waals surface area contributed by atoms with E-state index in [-0.39, 0.29) is 5.78 Å². The summed E-state index contributed by atoms with van der Waals surface area (Å²) in [6, 6.07) is 14.6. The molecule has 0 heterocycles. The van der Waals surface area contributed by atoms with Gasteiger partial charge in [-0.1, -0.05) is 30.3 Å². The van der Waals surface area contributed by atoms with Crippen LogP contribution in [0.5, 0.6) is 11.5 Å². The molecule has 0 saturated heterocycles. The molecule has 3 nitrogen and oxygen atoms in total. The van der Waals surface area contributed by atoms with Crippen molar-refractivity contribution in [1.29, 1.82) is 0 Å². The fourth-order valence-corrected chi connectivity index (χ4v) is 1.79. The molecule has 0 amide bonds. The molecule has 0 unspecified atom stereocenters. The van der Waals surface area contributed by atoms with Gasteiger partial charge in [-0.2, -0.15) is 0 Å². The summed E-state index contributed by atoms with van der Waals surface area (Å²) in [5.41, 5.74) is 1.52. The molecule has 0 bridgehead atoms. The van der Waals surface area contributed by atoms with Crippen LogP contribution < -0.4 is 9.47 Å². The van der Waals surface area contributed by atoms with Gasteiger partial charge in [0.2, 0.25) is 0 Å². The third kappa shape index (κ3) is 3.48. The number of carbonyl (C=O) groups is 1. The minimum absolute atomic E-state index is 0.0632. The maximum atomic E-state index is 12.1. The zero-order valence-electron chi connectivity index (χ0n) is 11.5. The molecule has 0 atom stereocenters. The number of allylic oxidation sites excluding steroid dienone is 1. The van der Waals surface area contributed by atoms with Gasteiger partial charge in [-0.3, -0.25) is 4.79 Å². The summed E-state index contributed by atoms with van der Waals surface area (Å²) in [6.07, 6.45) is 3.31. The normalized spacial score (nSPS) is 10.5. The monoisotopic (exact) mass is 268 g/mol. The van der Waals surface area contributed by atoms with Gasteiger partial charge in [0.15, 0.2) is 5.78 Å². The van der Waals surface area contributed by atoms with E-state index in [1.807, 2.05) is 30.3 Å². The molecular formula is C17H16O3. The first-order chi connectivity index (χ1) is 9.72. The van der Waals surface area contributed by atoms with Crippen LogP contribution in [0.4, 0.5) is 0 Å². The van der Waals surface area contributed by atoms with Crippen molar-refractivity contribution in [3.8, 4) is 11.5 Å². The van der Waals surface area contributed by atoms with Gasteiger partial charge in [-0.25, -0.2) is 0 Å². The summed E-state index contributed by atoms with van der Waals surface area (Å²) < 4.78 is 10.2. The second-order valence-corrected chi connectivity index (χ2v) is 4.21. The molecule has 0 aliphatic rings. The van der Waals surface area contributed by atoms with Gasteiger partial charge in [0, 0.05) is 5.56 Å². The van der Waals surface area contributed by atoms with E-state index in [1.165, 1.54) is 0 Å². The Hall–Kier alpha value is -2.55. The molecule has 2 rings (SSSR count). The first-order valence-corrected chi connectivity index (χ1v) is 6.23. The molecule has 0 N–H and O–H groups in total. The Balaban J connectivity index is 2.15. The van der Waals surface area contributed by atoms with Crippen LogP contribution in [0.25, 0.3) is 6.08 Å². The Kier molecular flexibility index (Phi) is 4.56. The number of benzene rings is 2. The maximum Gasteiger partial charge on any atom is 0.185 e. The van der Waals surface area contributed by atoms with Crippen LogP contribution in [-0.2, 0) is 0 Å². The Morgan fingerprint density at radius 2 is 1.60 bits per heavy atom.